The van der Waals surface area contributed by atoms with E-state index < -0.39 is 0 Å². The van der Waals surface area contributed by atoms with Crippen LogP contribution in [-0.4, -0.2) is 25.0 Å². The molecule has 1 aliphatic carbocycles. The maximum atomic E-state index is 13.0. The topological polar surface area (TPSA) is 29.3 Å². The first-order chi connectivity index (χ1) is 6.59. The number of hydrogen-bond acceptors (Lipinski definition) is 2. The molecule has 0 radical (unpaired) electrons. The van der Waals surface area contributed by atoms with E-state index in [1.54, 1.807) is 6.07 Å². The largest absolute Gasteiger partial charge is 0.323 e. The molecule has 14 heavy (non-hydrogen) atoms. The van der Waals surface area contributed by atoms with E-state index in [-0.39, 0.29) is 11.9 Å². The van der Waals surface area contributed by atoms with Crippen LogP contribution in [0.1, 0.15) is 17.2 Å². The smallest absolute Gasteiger partial charge is 0.123 e. The molecule has 0 aliphatic heterocycles. The first-order valence-corrected chi connectivity index (χ1v) is 4.80. The highest BCUT2D eigenvalue weighted by Crippen LogP contribution is 2.32. The van der Waals surface area contributed by atoms with E-state index in [1.165, 1.54) is 11.6 Å². The first-order valence-electron chi connectivity index (χ1n) is 4.80. The first kappa shape index (κ1) is 9.62. The molecule has 0 aromatic heterocycles. The van der Waals surface area contributed by atoms with Crippen LogP contribution in [0.25, 0.3) is 0 Å². The van der Waals surface area contributed by atoms with Gasteiger partial charge in [-0.2, -0.15) is 0 Å². The standard InChI is InChI=1S/C11H15FN2/c1-14(2)10-5-7-3-4-8(12)6-9(7)11(10)13/h3-4,6,10-11H,5,13H2,1-2H3. The summed E-state index contributed by atoms with van der Waals surface area (Å²) in [5.74, 6) is -0.196. The van der Waals surface area contributed by atoms with Gasteiger partial charge in [-0.25, -0.2) is 4.39 Å². The van der Waals surface area contributed by atoms with Crippen molar-refractivity contribution in [1.82, 2.24) is 4.90 Å². The fourth-order valence-corrected chi connectivity index (χ4v) is 2.13. The lowest BCUT2D eigenvalue weighted by Gasteiger charge is -2.23. The Hall–Kier alpha value is -0.930. The monoisotopic (exact) mass is 194 g/mol. The van der Waals surface area contributed by atoms with Gasteiger partial charge in [0.15, 0.2) is 0 Å². The van der Waals surface area contributed by atoms with Crippen molar-refractivity contribution in [3.05, 3.63) is 35.1 Å². The van der Waals surface area contributed by atoms with Crippen molar-refractivity contribution >= 4 is 0 Å². The number of nitrogens with zero attached hydrogens (tertiary/aromatic N) is 1. The average molecular weight is 194 g/mol. The fraction of sp³-hybridized carbons (Fsp3) is 0.455. The molecule has 0 saturated carbocycles. The Labute approximate surface area is 83.5 Å². The van der Waals surface area contributed by atoms with Crippen molar-refractivity contribution < 1.29 is 4.39 Å². The summed E-state index contributed by atoms with van der Waals surface area (Å²) < 4.78 is 13.0. The summed E-state index contributed by atoms with van der Waals surface area (Å²) >= 11 is 0. The minimum absolute atomic E-state index is 0.0595. The van der Waals surface area contributed by atoms with E-state index in [1.807, 2.05) is 20.2 Å². The van der Waals surface area contributed by atoms with Gasteiger partial charge >= 0.3 is 0 Å². The summed E-state index contributed by atoms with van der Waals surface area (Å²) in [5, 5.41) is 0. The molecule has 1 aliphatic rings. The Morgan fingerprint density at radius 3 is 2.79 bits per heavy atom. The van der Waals surface area contributed by atoms with E-state index in [0.29, 0.717) is 6.04 Å². The lowest BCUT2D eigenvalue weighted by atomic mass is 10.1. The van der Waals surface area contributed by atoms with Crippen LogP contribution < -0.4 is 5.73 Å². The second-order valence-electron chi connectivity index (χ2n) is 4.10. The third kappa shape index (κ3) is 1.42. The molecular weight excluding hydrogens is 179 g/mol. The lowest BCUT2D eigenvalue weighted by molar-refractivity contribution is 0.269. The van der Waals surface area contributed by atoms with Crippen LogP contribution in [0.5, 0.6) is 0 Å². The van der Waals surface area contributed by atoms with Crippen LogP contribution in [0.3, 0.4) is 0 Å². The highest BCUT2D eigenvalue weighted by molar-refractivity contribution is 5.37. The predicted molar refractivity (Wildman–Crippen MR) is 54.5 cm³/mol. The van der Waals surface area contributed by atoms with Crippen molar-refractivity contribution in [1.29, 1.82) is 0 Å². The van der Waals surface area contributed by atoms with Gasteiger partial charge < -0.3 is 10.6 Å². The summed E-state index contributed by atoms with van der Waals surface area (Å²) in [4.78, 5) is 2.10. The van der Waals surface area contributed by atoms with Crippen LogP contribution in [0.2, 0.25) is 0 Å². The molecule has 3 heteroatoms. The Bertz CT molecular complexity index is 349. The van der Waals surface area contributed by atoms with Crippen molar-refractivity contribution in [2.24, 2.45) is 5.73 Å². The van der Waals surface area contributed by atoms with Crippen molar-refractivity contribution in [2.45, 2.75) is 18.5 Å². The van der Waals surface area contributed by atoms with Gasteiger partial charge in [0.1, 0.15) is 5.82 Å². The summed E-state index contributed by atoms with van der Waals surface area (Å²) in [6, 6.07) is 5.14. The molecule has 1 aromatic carbocycles. The lowest BCUT2D eigenvalue weighted by Crippen LogP contribution is -2.35. The second kappa shape index (κ2) is 3.33. The summed E-state index contributed by atoms with van der Waals surface area (Å²) in [5.41, 5.74) is 8.19. The van der Waals surface area contributed by atoms with E-state index in [9.17, 15) is 4.39 Å². The van der Waals surface area contributed by atoms with Gasteiger partial charge in [-0.05, 0) is 43.8 Å². The Morgan fingerprint density at radius 2 is 2.14 bits per heavy atom. The number of benzene rings is 1. The van der Waals surface area contributed by atoms with Gasteiger partial charge in [0.05, 0.1) is 0 Å². The minimum atomic E-state index is -0.196. The molecule has 2 nitrogen and oxygen atoms in total. The quantitative estimate of drug-likeness (QED) is 0.730. The van der Waals surface area contributed by atoms with Gasteiger partial charge in [0.2, 0.25) is 0 Å². The number of nitrogens with two attached hydrogens (primary N) is 1. The van der Waals surface area contributed by atoms with Crippen molar-refractivity contribution in [3.63, 3.8) is 0 Å². The Kier molecular flexibility index (Phi) is 2.29. The average Bonchev–Trinajstić information content (AvgIpc) is 2.44. The number of hydrogen-bond donors (Lipinski definition) is 1. The second-order valence-corrected chi connectivity index (χ2v) is 4.10. The molecule has 2 rings (SSSR count). The van der Waals surface area contributed by atoms with E-state index >= 15 is 0 Å². The molecule has 76 valence electrons. The molecule has 2 N–H and O–H groups in total. The zero-order valence-electron chi connectivity index (χ0n) is 8.50. The summed E-state index contributed by atoms with van der Waals surface area (Å²) in [6.07, 6.45) is 0.920. The summed E-state index contributed by atoms with van der Waals surface area (Å²) in [6.45, 7) is 0. The van der Waals surface area contributed by atoms with E-state index in [4.69, 9.17) is 5.73 Å². The molecule has 1 aromatic rings. The van der Waals surface area contributed by atoms with Gasteiger partial charge in [-0.3, -0.25) is 0 Å². The highest BCUT2D eigenvalue weighted by atomic mass is 19.1. The van der Waals surface area contributed by atoms with Gasteiger partial charge in [-0.1, -0.05) is 6.07 Å². The van der Waals surface area contributed by atoms with Gasteiger partial charge in [0.25, 0.3) is 0 Å². The maximum absolute atomic E-state index is 13.0. The number of fused-ring (bicyclic) bond motifs is 1. The predicted octanol–water partition coefficient (Wildman–Crippen LogP) is 1.31. The molecule has 0 heterocycles. The number of likely N-dealkylation sites (N-methyl/N-ethyl adjacent to an activating group) is 1. The zero-order chi connectivity index (χ0) is 10.3. The highest BCUT2D eigenvalue weighted by Gasteiger charge is 2.31. The van der Waals surface area contributed by atoms with Gasteiger partial charge in [0, 0.05) is 12.1 Å². The van der Waals surface area contributed by atoms with Crippen molar-refractivity contribution in [2.75, 3.05) is 14.1 Å². The summed E-state index contributed by atoms with van der Waals surface area (Å²) in [7, 11) is 4.01. The van der Waals surface area contributed by atoms with Crippen LogP contribution in [0.4, 0.5) is 4.39 Å². The van der Waals surface area contributed by atoms with Crippen LogP contribution in [0, 0.1) is 5.82 Å². The number of rotatable bonds is 1. The molecule has 2 unspecified atom stereocenters. The van der Waals surface area contributed by atoms with Crippen LogP contribution >= 0.6 is 0 Å². The maximum Gasteiger partial charge on any atom is 0.123 e. The van der Waals surface area contributed by atoms with Crippen LogP contribution in [-0.2, 0) is 6.42 Å². The minimum Gasteiger partial charge on any atom is -0.323 e. The van der Waals surface area contributed by atoms with E-state index in [0.717, 1.165) is 12.0 Å². The van der Waals surface area contributed by atoms with E-state index in [2.05, 4.69) is 4.90 Å². The van der Waals surface area contributed by atoms with Crippen molar-refractivity contribution in [3.8, 4) is 0 Å². The third-order valence-corrected chi connectivity index (χ3v) is 2.97. The van der Waals surface area contributed by atoms with Crippen LogP contribution in [0.15, 0.2) is 18.2 Å². The Morgan fingerprint density at radius 1 is 1.43 bits per heavy atom. The van der Waals surface area contributed by atoms with Gasteiger partial charge in [-0.15, -0.1) is 0 Å². The fourth-order valence-electron chi connectivity index (χ4n) is 2.13. The molecule has 0 amide bonds. The molecule has 2 atom stereocenters. The normalized spacial score (nSPS) is 25.5. The zero-order valence-corrected chi connectivity index (χ0v) is 8.50. The third-order valence-electron chi connectivity index (χ3n) is 2.97. The SMILES string of the molecule is CN(C)C1Cc2ccc(F)cc2C1N. The molecule has 0 bridgehead atoms. The molecule has 0 fully saturated rings. The molecule has 0 spiro atoms. The number of halogens is 1. The molecular formula is C11H15FN2. The molecule has 0 saturated heterocycles. The Balaban J connectivity index is 2.36.